The Bertz CT molecular complexity index is 1530. The van der Waals surface area contributed by atoms with E-state index >= 15 is 0 Å². The summed E-state index contributed by atoms with van der Waals surface area (Å²) in [6, 6.07) is 19.8. The number of fused-ring (bicyclic) bond motifs is 3. The van der Waals surface area contributed by atoms with Crippen LogP contribution in [0.25, 0.3) is 5.70 Å². The number of nitrogens with one attached hydrogen (secondary N) is 1. The van der Waals surface area contributed by atoms with Crippen LogP contribution in [0.1, 0.15) is 34.4 Å². The molecule has 2 atom stereocenters. The minimum atomic E-state index is -0.433. The highest BCUT2D eigenvalue weighted by molar-refractivity contribution is 7.98. The molecule has 1 N–H and O–H groups in total. The Kier molecular flexibility index (Phi) is 6.01. The number of thioether (sulfide) groups is 1. The lowest BCUT2D eigenvalue weighted by Crippen LogP contribution is -2.32. The van der Waals surface area contributed by atoms with Crippen LogP contribution in [0.3, 0.4) is 0 Å². The number of benzene rings is 3. The van der Waals surface area contributed by atoms with Crippen molar-refractivity contribution < 1.29 is 14.2 Å². The van der Waals surface area contributed by atoms with E-state index in [-0.39, 0.29) is 6.04 Å². The van der Waals surface area contributed by atoms with Crippen molar-refractivity contribution in [1.29, 1.82) is 0 Å². The number of methoxy groups -OCH3 is 2. The largest absolute Gasteiger partial charge is 0.493 e. The number of ether oxygens (including phenoxy) is 3. The maximum Gasteiger partial charge on any atom is 0.227 e. The molecule has 3 heterocycles. The van der Waals surface area contributed by atoms with Gasteiger partial charge in [0.25, 0.3) is 0 Å². The molecule has 0 radical (unpaired) electrons. The van der Waals surface area contributed by atoms with E-state index in [1.54, 1.807) is 14.2 Å². The van der Waals surface area contributed by atoms with Crippen molar-refractivity contribution >= 4 is 35.0 Å². The summed E-state index contributed by atoms with van der Waals surface area (Å²) in [5.74, 6) is 2.70. The van der Waals surface area contributed by atoms with Crippen LogP contribution in [0.15, 0.2) is 71.4 Å². The van der Waals surface area contributed by atoms with Crippen LogP contribution in [0.2, 0.25) is 5.02 Å². The second-order valence-electron chi connectivity index (χ2n) is 8.89. The van der Waals surface area contributed by atoms with Gasteiger partial charge < -0.3 is 19.5 Å². The lowest BCUT2D eigenvalue weighted by atomic mass is 9.84. The maximum atomic E-state index is 6.72. The molecule has 3 aromatic carbocycles. The van der Waals surface area contributed by atoms with E-state index in [4.69, 9.17) is 35.9 Å². The second kappa shape index (κ2) is 9.36. The first-order valence-electron chi connectivity index (χ1n) is 11.8. The average molecular weight is 533 g/mol. The van der Waals surface area contributed by atoms with Gasteiger partial charge in [0.1, 0.15) is 17.9 Å². The molecule has 0 saturated heterocycles. The SMILES string of the molecule is COc1ccc([C@@H]2Oc3ccc(Cl)cc3C3=C2[C@H](c2ccc(C)cc2)n2nc(SC)nc2N3)cc1OC. The van der Waals surface area contributed by atoms with E-state index in [9.17, 15) is 0 Å². The summed E-state index contributed by atoms with van der Waals surface area (Å²) in [6.45, 7) is 2.08. The molecule has 0 fully saturated rings. The van der Waals surface area contributed by atoms with Gasteiger partial charge in [0, 0.05) is 21.7 Å². The number of nitrogens with zero attached hydrogens (tertiary/aromatic N) is 3. The molecule has 0 amide bonds. The lowest BCUT2D eigenvalue weighted by molar-refractivity contribution is 0.222. The number of hydrogen-bond donors (Lipinski definition) is 1. The molecule has 2 aliphatic rings. The van der Waals surface area contributed by atoms with Crippen LogP contribution in [0, 0.1) is 6.92 Å². The van der Waals surface area contributed by atoms with E-state index in [1.165, 1.54) is 17.3 Å². The summed E-state index contributed by atoms with van der Waals surface area (Å²) >= 11 is 7.96. The number of rotatable bonds is 5. The van der Waals surface area contributed by atoms with Crippen LogP contribution in [-0.2, 0) is 0 Å². The molecule has 0 aliphatic carbocycles. The van der Waals surface area contributed by atoms with Gasteiger partial charge in [-0.3, -0.25) is 0 Å². The predicted molar refractivity (Wildman–Crippen MR) is 146 cm³/mol. The van der Waals surface area contributed by atoms with Gasteiger partial charge in [-0.2, -0.15) is 4.98 Å². The highest BCUT2D eigenvalue weighted by Crippen LogP contribution is 2.52. The highest BCUT2D eigenvalue weighted by Gasteiger charge is 2.41. The Morgan fingerprint density at radius 1 is 0.973 bits per heavy atom. The third kappa shape index (κ3) is 4.01. The Labute approximate surface area is 224 Å². The van der Waals surface area contributed by atoms with Gasteiger partial charge in [0.15, 0.2) is 11.5 Å². The molecule has 4 aromatic rings. The van der Waals surface area contributed by atoms with Crippen LogP contribution >= 0.6 is 23.4 Å². The van der Waals surface area contributed by atoms with E-state index in [0.717, 1.165) is 33.7 Å². The third-order valence-electron chi connectivity index (χ3n) is 6.70. The minimum absolute atomic E-state index is 0.259. The van der Waals surface area contributed by atoms with Crippen molar-refractivity contribution in [2.75, 3.05) is 25.8 Å². The zero-order chi connectivity index (χ0) is 25.7. The summed E-state index contributed by atoms with van der Waals surface area (Å²) in [7, 11) is 3.26. The third-order valence-corrected chi connectivity index (χ3v) is 7.47. The number of halogens is 1. The summed E-state index contributed by atoms with van der Waals surface area (Å²) in [4.78, 5) is 4.76. The normalized spacial score (nSPS) is 17.8. The molecule has 37 heavy (non-hydrogen) atoms. The Balaban J connectivity index is 1.62. The first-order chi connectivity index (χ1) is 18.0. The fraction of sp³-hybridized carbons (Fsp3) is 0.214. The van der Waals surface area contributed by atoms with Crippen molar-refractivity contribution in [2.24, 2.45) is 0 Å². The molecule has 1 aromatic heterocycles. The van der Waals surface area contributed by atoms with Crippen molar-refractivity contribution in [3.8, 4) is 17.2 Å². The summed E-state index contributed by atoms with van der Waals surface area (Å²) in [5, 5.41) is 9.73. The fourth-order valence-electron chi connectivity index (χ4n) is 4.93. The average Bonchev–Trinajstić information content (AvgIpc) is 3.35. The van der Waals surface area contributed by atoms with Gasteiger partial charge in [0.05, 0.1) is 19.9 Å². The van der Waals surface area contributed by atoms with Gasteiger partial charge in [0.2, 0.25) is 11.1 Å². The first-order valence-corrected chi connectivity index (χ1v) is 13.4. The van der Waals surface area contributed by atoms with E-state index in [1.807, 2.05) is 47.3 Å². The number of anilines is 1. The molecular weight excluding hydrogens is 508 g/mol. The van der Waals surface area contributed by atoms with Gasteiger partial charge >= 0.3 is 0 Å². The Morgan fingerprint density at radius 2 is 1.73 bits per heavy atom. The molecule has 2 aliphatic heterocycles. The maximum absolute atomic E-state index is 6.72. The predicted octanol–water partition coefficient (Wildman–Crippen LogP) is 6.54. The monoisotopic (exact) mass is 532 g/mol. The van der Waals surface area contributed by atoms with Crippen molar-refractivity contribution in [2.45, 2.75) is 24.2 Å². The van der Waals surface area contributed by atoms with E-state index in [2.05, 4.69) is 36.5 Å². The van der Waals surface area contributed by atoms with Crippen LogP contribution in [0.5, 0.6) is 17.2 Å². The van der Waals surface area contributed by atoms with Gasteiger partial charge in [-0.15, -0.1) is 5.10 Å². The Morgan fingerprint density at radius 3 is 2.46 bits per heavy atom. The molecule has 6 rings (SSSR count). The van der Waals surface area contributed by atoms with Crippen LogP contribution in [0.4, 0.5) is 5.95 Å². The van der Waals surface area contributed by atoms with Gasteiger partial charge in [-0.25, -0.2) is 4.68 Å². The summed E-state index contributed by atoms with van der Waals surface area (Å²) in [5.41, 5.74) is 6.01. The van der Waals surface area contributed by atoms with Crippen LogP contribution < -0.4 is 19.5 Å². The lowest BCUT2D eigenvalue weighted by Gasteiger charge is -2.39. The molecule has 188 valence electrons. The Hall–Kier alpha value is -3.62. The topological polar surface area (TPSA) is 70.4 Å². The minimum Gasteiger partial charge on any atom is -0.493 e. The van der Waals surface area contributed by atoms with E-state index in [0.29, 0.717) is 27.6 Å². The molecule has 0 spiro atoms. The molecule has 7 nitrogen and oxygen atoms in total. The number of aryl methyl sites for hydroxylation is 1. The molecule has 0 bridgehead atoms. The zero-order valence-corrected chi connectivity index (χ0v) is 22.4. The zero-order valence-electron chi connectivity index (χ0n) is 20.8. The molecule has 9 heteroatoms. The van der Waals surface area contributed by atoms with Gasteiger partial charge in [-0.05, 0) is 49.1 Å². The first kappa shape index (κ1) is 23.8. The molecular formula is C28H25ClN4O3S. The standard InChI is InChI=1S/C28H25ClN4O3S/c1-15-5-7-16(8-6-15)25-23-24(30-27-31-28(37-4)32-33(25)27)19-14-18(29)10-12-20(19)36-26(23)17-9-11-21(34-2)22(13-17)35-3/h5-14,25-26H,1-4H3,(H,30,31,32)/t25-,26-/m0/s1. The number of aromatic nitrogens is 3. The summed E-state index contributed by atoms with van der Waals surface area (Å²) < 4.78 is 19.8. The molecule has 0 unspecified atom stereocenters. The van der Waals surface area contributed by atoms with Gasteiger partial charge in [-0.1, -0.05) is 59.3 Å². The number of hydrogen-bond acceptors (Lipinski definition) is 7. The van der Waals surface area contributed by atoms with Crippen molar-refractivity contribution in [1.82, 2.24) is 14.8 Å². The van der Waals surface area contributed by atoms with Crippen molar-refractivity contribution in [3.05, 3.63) is 93.5 Å². The van der Waals surface area contributed by atoms with Crippen LogP contribution in [-0.4, -0.2) is 35.2 Å². The highest BCUT2D eigenvalue weighted by atomic mass is 35.5. The second-order valence-corrected chi connectivity index (χ2v) is 10.1. The molecule has 0 saturated carbocycles. The van der Waals surface area contributed by atoms with Crippen molar-refractivity contribution in [3.63, 3.8) is 0 Å². The van der Waals surface area contributed by atoms with E-state index < -0.39 is 6.10 Å². The fourth-order valence-corrected chi connectivity index (χ4v) is 5.45. The summed E-state index contributed by atoms with van der Waals surface area (Å²) in [6.07, 6.45) is 1.54. The smallest absolute Gasteiger partial charge is 0.227 e. The quantitative estimate of drug-likeness (QED) is 0.293.